The van der Waals surface area contributed by atoms with Gasteiger partial charge in [0.15, 0.2) is 0 Å². The van der Waals surface area contributed by atoms with Crippen molar-refractivity contribution in [3.63, 3.8) is 0 Å². The van der Waals surface area contributed by atoms with Gasteiger partial charge in [0.2, 0.25) is 0 Å². The normalized spacial score (nSPS) is 16.7. The van der Waals surface area contributed by atoms with Gasteiger partial charge in [-0.2, -0.15) is 17.0 Å². The standard InChI is InChI=1S/C12H27N3O2S/c1-4-9-15(11-12-6-7-12)18(16,17)14(3)10-5-8-13-2/h12-13H,4-11H2,1-3H3. The highest BCUT2D eigenvalue weighted by atomic mass is 32.2. The van der Waals surface area contributed by atoms with Crippen LogP contribution in [-0.4, -0.2) is 57.3 Å². The van der Waals surface area contributed by atoms with Crippen LogP contribution >= 0.6 is 0 Å². The minimum absolute atomic E-state index is 0.577. The van der Waals surface area contributed by atoms with Gasteiger partial charge >= 0.3 is 0 Å². The molecule has 0 unspecified atom stereocenters. The summed E-state index contributed by atoms with van der Waals surface area (Å²) >= 11 is 0. The molecule has 5 nitrogen and oxygen atoms in total. The molecule has 0 radical (unpaired) electrons. The highest BCUT2D eigenvalue weighted by molar-refractivity contribution is 7.86. The lowest BCUT2D eigenvalue weighted by Gasteiger charge is -2.27. The molecule has 1 aliphatic carbocycles. The molecule has 0 aromatic carbocycles. The van der Waals surface area contributed by atoms with Crippen molar-refractivity contribution in [2.45, 2.75) is 32.6 Å². The van der Waals surface area contributed by atoms with Gasteiger partial charge in [-0.05, 0) is 45.2 Å². The van der Waals surface area contributed by atoms with E-state index in [4.69, 9.17) is 0 Å². The first kappa shape index (κ1) is 15.9. The van der Waals surface area contributed by atoms with Crippen LogP contribution in [0.1, 0.15) is 32.6 Å². The van der Waals surface area contributed by atoms with Crippen molar-refractivity contribution in [1.82, 2.24) is 13.9 Å². The predicted molar refractivity (Wildman–Crippen MR) is 74.7 cm³/mol. The van der Waals surface area contributed by atoms with E-state index in [1.54, 1.807) is 11.4 Å². The molecule has 1 N–H and O–H groups in total. The molecule has 6 heteroatoms. The van der Waals surface area contributed by atoms with Crippen LogP contribution in [0, 0.1) is 5.92 Å². The van der Waals surface area contributed by atoms with Crippen LogP contribution in [0.2, 0.25) is 0 Å². The minimum Gasteiger partial charge on any atom is -0.320 e. The van der Waals surface area contributed by atoms with E-state index < -0.39 is 10.2 Å². The van der Waals surface area contributed by atoms with Crippen LogP contribution in [0.25, 0.3) is 0 Å². The van der Waals surface area contributed by atoms with E-state index in [-0.39, 0.29) is 0 Å². The average Bonchev–Trinajstić information content (AvgIpc) is 3.12. The van der Waals surface area contributed by atoms with Crippen LogP contribution in [0.15, 0.2) is 0 Å². The Labute approximate surface area is 112 Å². The van der Waals surface area contributed by atoms with E-state index in [1.807, 2.05) is 14.0 Å². The zero-order valence-corrected chi connectivity index (χ0v) is 12.7. The van der Waals surface area contributed by atoms with Gasteiger partial charge in [0.05, 0.1) is 0 Å². The molecule has 1 saturated carbocycles. The molecule has 0 aliphatic heterocycles. The molecule has 0 heterocycles. The molecule has 0 atom stereocenters. The number of rotatable bonds is 10. The number of nitrogens with one attached hydrogen (secondary N) is 1. The summed E-state index contributed by atoms with van der Waals surface area (Å²) in [5, 5.41) is 3.04. The Morgan fingerprint density at radius 1 is 1.28 bits per heavy atom. The fraction of sp³-hybridized carbons (Fsp3) is 1.00. The summed E-state index contributed by atoms with van der Waals surface area (Å²) in [6.07, 6.45) is 4.07. The van der Waals surface area contributed by atoms with Crippen molar-refractivity contribution in [3.05, 3.63) is 0 Å². The summed E-state index contributed by atoms with van der Waals surface area (Å²) in [5.74, 6) is 0.594. The summed E-state index contributed by atoms with van der Waals surface area (Å²) < 4.78 is 28.0. The largest absolute Gasteiger partial charge is 0.320 e. The Morgan fingerprint density at radius 2 is 1.94 bits per heavy atom. The van der Waals surface area contributed by atoms with Gasteiger partial charge in [-0.15, -0.1) is 0 Å². The van der Waals surface area contributed by atoms with Crippen LogP contribution in [0.4, 0.5) is 0 Å². The zero-order valence-electron chi connectivity index (χ0n) is 11.9. The lowest BCUT2D eigenvalue weighted by molar-refractivity contribution is 0.346. The lowest BCUT2D eigenvalue weighted by Crippen LogP contribution is -2.43. The van der Waals surface area contributed by atoms with Crippen LogP contribution in [-0.2, 0) is 10.2 Å². The fourth-order valence-electron chi connectivity index (χ4n) is 1.93. The average molecular weight is 277 g/mol. The van der Waals surface area contributed by atoms with E-state index in [0.29, 0.717) is 25.6 Å². The highest BCUT2D eigenvalue weighted by Crippen LogP contribution is 2.30. The van der Waals surface area contributed by atoms with Crippen molar-refractivity contribution in [2.24, 2.45) is 5.92 Å². The molecule has 108 valence electrons. The molecular formula is C12H27N3O2S. The number of nitrogens with zero attached hydrogens (tertiary/aromatic N) is 2. The van der Waals surface area contributed by atoms with Crippen molar-refractivity contribution in [2.75, 3.05) is 40.3 Å². The van der Waals surface area contributed by atoms with Gasteiger partial charge in [0.25, 0.3) is 10.2 Å². The van der Waals surface area contributed by atoms with Gasteiger partial charge in [-0.25, -0.2) is 0 Å². The summed E-state index contributed by atoms with van der Waals surface area (Å²) in [6, 6.07) is 0. The van der Waals surface area contributed by atoms with E-state index in [9.17, 15) is 8.42 Å². The fourth-order valence-corrected chi connectivity index (χ4v) is 3.50. The van der Waals surface area contributed by atoms with E-state index in [2.05, 4.69) is 5.32 Å². The molecule has 1 fully saturated rings. The summed E-state index contributed by atoms with van der Waals surface area (Å²) in [6.45, 7) is 4.78. The Hall–Kier alpha value is -0.170. The van der Waals surface area contributed by atoms with Gasteiger partial charge in [-0.1, -0.05) is 6.92 Å². The number of hydrogen-bond acceptors (Lipinski definition) is 3. The summed E-state index contributed by atoms with van der Waals surface area (Å²) in [5.41, 5.74) is 0. The smallest absolute Gasteiger partial charge is 0.281 e. The minimum atomic E-state index is -3.26. The maximum Gasteiger partial charge on any atom is 0.281 e. The second-order valence-corrected chi connectivity index (χ2v) is 7.12. The predicted octanol–water partition coefficient (Wildman–Crippen LogP) is 0.895. The second kappa shape index (κ2) is 7.43. The van der Waals surface area contributed by atoms with E-state index in [0.717, 1.165) is 19.4 Å². The molecule has 0 amide bonds. The summed E-state index contributed by atoms with van der Waals surface area (Å²) in [7, 11) is 0.301. The molecule has 0 spiro atoms. The van der Waals surface area contributed by atoms with Crippen molar-refractivity contribution >= 4 is 10.2 Å². The van der Waals surface area contributed by atoms with Gasteiger partial charge in [0, 0.05) is 26.7 Å². The van der Waals surface area contributed by atoms with E-state index in [1.165, 1.54) is 17.1 Å². The van der Waals surface area contributed by atoms with Crippen molar-refractivity contribution < 1.29 is 8.42 Å². The molecule has 1 aliphatic rings. The summed E-state index contributed by atoms with van der Waals surface area (Å²) in [4.78, 5) is 0. The second-order valence-electron chi connectivity index (χ2n) is 5.09. The Balaban J connectivity index is 2.54. The Morgan fingerprint density at radius 3 is 2.44 bits per heavy atom. The quantitative estimate of drug-likeness (QED) is 0.604. The van der Waals surface area contributed by atoms with Gasteiger partial charge < -0.3 is 5.32 Å². The first-order valence-corrected chi connectivity index (χ1v) is 8.28. The maximum absolute atomic E-state index is 12.4. The molecule has 0 saturated heterocycles. The molecule has 0 bridgehead atoms. The molecule has 1 rings (SSSR count). The van der Waals surface area contributed by atoms with Gasteiger partial charge in [0.1, 0.15) is 0 Å². The SMILES string of the molecule is CCCN(CC1CC1)S(=O)(=O)N(C)CCCNC. The van der Waals surface area contributed by atoms with Crippen LogP contribution < -0.4 is 5.32 Å². The van der Waals surface area contributed by atoms with Crippen LogP contribution in [0.5, 0.6) is 0 Å². The first-order chi connectivity index (χ1) is 8.52. The third-order valence-electron chi connectivity index (χ3n) is 3.25. The topological polar surface area (TPSA) is 52.7 Å². The monoisotopic (exact) mass is 277 g/mol. The Kier molecular flexibility index (Phi) is 6.55. The van der Waals surface area contributed by atoms with Crippen LogP contribution in [0.3, 0.4) is 0 Å². The maximum atomic E-state index is 12.4. The third-order valence-corrected chi connectivity index (χ3v) is 5.21. The van der Waals surface area contributed by atoms with E-state index >= 15 is 0 Å². The highest BCUT2D eigenvalue weighted by Gasteiger charge is 2.32. The zero-order chi connectivity index (χ0) is 13.6. The first-order valence-electron chi connectivity index (χ1n) is 6.88. The van der Waals surface area contributed by atoms with Crippen molar-refractivity contribution in [3.8, 4) is 0 Å². The third kappa shape index (κ3) is 4.84. The molecule has 0 aromatic rings. The van der Waals surface area contributed by atoms with Gasteiger partial charge in [-0.3, -0.25) is 0 Å². The molecular weight excluding hydrogens is 250 g/mol. The van der Waals surface area contributed by atoms with Crippen molar-refractivity contribution in [1.29, 1.82) is 0 Å². The lowest BCUT2D eigenvalue weighted by atomic mass is 10.4. The Bertz CT molecular complexity index is 328. The molecule has 0 aromatic heterocycles. The number of hydrogen-bond donors (Lipinski definition) is 1. The molecule has 18 heavy (non-hydrogen) atoms.